The molecule has 0 spiro atoms. The number of benzene rings is 1. The minimum atomic E-state index is -0.352. The summed E-state index contributed by atoms with van der Waals surface area (Å²) in [6, 6.07) is 5.46. The highest BCUT2D eigenvalue weighted by atomic mass is 35.5. The average Bonchev–Trinajstić information content (AvgIpc) is 2.35. The molecule has 0 aliphatic carbocycles. The van der Waals surface area contributed by atoms with Gasteiger partial charge in [-0.25, -0.2) is 0 Å². The molecule has 1 aromatic carbocycles. The molecule has 0 aromatic heterocycles. The fourth-order valence-electron chi connectivity index (χ4n) is 2.33. The zero-order valence-electron chi connectivity index (χ0n) is 9.63. The van der Waals surface area contributed by atoms with E-state index in [9.17, 15) is 5.11 Å². The van der Waals surface area contributed by atoms with E-state index in [0.717, 1.165) is 31.5 Å². The molecule has 1 unspecified atom stereocenters. The standard InChI is InChI=1S/C13H17Cl2NO/c14-11-2-1-3-12(15)10(11)8-13(17)9-4-6-16-7-5-9/h1-3,9,13,16-17H,4-8H2. The molecule has 1 heterocycles. The van der Waals surface area contributed by atoms with E-state index in [0.29, 0.717) is 22.4 Å². The van der Waals surface area contributed by atoms with E-state index in [1.54, 1.807) is 0 Å². The van der Waals surface area contributed by atoms with Crippen LogP contribution in [-0.4, -0.2) is 24.3 Å². The Bertz CT molecular complexity index is 357. The maximum atomic E-state index is 10.2. The van der Waals surface area contributed by atoms with Gasteiger partial charge >= 0.3 is 0 Å². The molecule has 1 fully saturated rings. The normalized spacial score (nSPS) is 19.2. The second kappa shape index (κ2) is 6.05. The molecule has 0 saturated carbocycles. The van der Waals surface area contributed by atoms with Crippen LogP contribution in [0.4, 0.5) is 0 Å². The summed E-state index contributed by atoms with van der Waals surface area (Å²) in [5, 5.41) is 14.8. The lowest BCUT2D eigenvalue weighted by molar-refractivity contribution is 0.0891. The van der Waals surface area contributed by atoms with Crippen LogP contribution in [0.3, 0.4) is 0 Å². The largest absolute Gasteiger partial charge is 0.392 e. The van der Waals surface area contributed by atoms with E-state index >= 15 is 0 Å². The Labute approximate surface area is 112 Å². The van der Waals surface area contributed by atoms with E-state index < -0.39 is 0 Å². The van der Waals surface area contributed by atoms with Crippen molar-refractivity contribution in [2.24, 2.45) is 5.92 Å². The van der Waals surface area contributed by atoms with Gasteiger partial charge < -0.3 is 10.4 Å². The molecule has 17 heavy (non-hydrogen) atoms. The molecule has 2 nitrogen and oxygen atoms in total. The van der Waals surface area contributed by atoms with Crippen molar-refractivity contribution in [1.29, 1.82) is 0 Å². The summed E-state index contributed by atoms with van der Waals surface area (Å²) in [5.41, 5.74) is 0.863. The van der Waals surface area contributed by atoms with E-state index in [4.69, 9.17) is 23.2 Å². The van der Waals surface area contributed by atoms with Gasteiger partial charge in [-0.3, -0.25) is 0 Å². The van der Waals surface area contributed by atoms with Crippen molar-refractivity contribution in [3.63, 3.8) is 0 Å². The van der Waals surface area contributed by atoms with Crippen LogP contribution >= 0.6 is 23.2 Å². The Balaban J connectivity index is 2.04. The molecule has 1 saturated heterocycles. The highest BCUT2D eigenvalue weighted by Crippen LogP contribution is 2.28. The molecule has 2 rings (SSSR count). The Hall–Kier alpha value is -0.280. The average molecular weight is 274 g/mol. The summed E-state index contributed by atoms with van der Waals surface area (Å²) in [4.78, 5) is 0. The molecule has 94 valence electrons. The van der Waals surface area contributed by atoms with Gasteiger partial charge in [0.2, 0.25) is 0 Å². The van der Waals surface area contributed by atoms with Crippen molar-refractivity contribution in [2.45, 2.75) is 25.4 Å². The molecule has 4 heteroatoms. The van der Waals surface area contributed by atoms with Crippen LogP contribution in [0, 0.1) is 5.92 Å². The van der Waals surface area contributed by atoms with Crippen LogP contribution in [0.15, 0.2) is 18.2 Å². The first-order valence-electron chi connectivity index (χ1n) is 6.00. The summed E-state index contributed by atoms with van der Waals surface area (Å²) >= 11 is 12.2. The van der Waals surface area contributed by atoms with Crippen LogP contribution in [0.25, 0.3) is 0 Å². The van der Waals surface area contributed by atoms with Gasteiger partial charge in [-0.1, -0.05) is 29.3 Å². The number of aliphatic hydroxyl groups is 1. The lowest BCUT2D eigenvalue weighted by atomic mass is 9.88. The van der Waals surface area contributed by atoms with Crippen LogP contribution < -0.4 is 5.32 Å². The lowest BCUT2D eigenvalue weighted by Crippen LogP contribution is -2.35. The monoisotopic (exact) mass is 273 g/mol. The van der Waals surface area contributed by atoms with E-state index in [1.807, 2.05) is 18.2 Å². The third kappa shape index (κ3) is 3.35. The number of piperidine rings is 1. The molecule has 0 radical (unpaired) electrons. The first kappa shape index (κ1) is 13.2. The quantitative estimate of drug-likeness (QED) is 0.888. The summed E-state index contributed by atoms with van der Waals surface area (Å²) < 4.78 is 0. The van der Waals surface area contributed by atoms with Crippen molar-refractivity contribution in [1.82, 2.24) is 5.32 Å². The van der Waals surface area contributed by atoms with Crippen LogP contribution in [0.5, 0.6) is 0 Å². The lowest BCUT2D eigenvalue weighted by Gasteiger charge is -2.27. The van der Waals surface area contributed by atoms with Crippen molar-refractivity contribution in [2.75, 3.05) is 13.1 Å². The van der Waals surface area contributed by atoms with Crippen molar-refractivity contribution in [3.05, 3.63) is 33.8 Å². The van der Waals surface area contributed by atoms with Gasteiger partial charge in [0.25, 0.3) is 0 Å². The van der Waals surface area contributed by atoms with Crippen LogP contribution in [0.1, 0.15) is 18.4 Å². The maximum Gasteiger partial charge on any atom is 0.0610 e. The number of hydrogen-bond acceptors (Lipinski definition) is 2. The van der Waals surface area contributed by atoms with Gasteiger partial charge in [-0.15, -0.1) is 0 Å². The first-order chi connectivity index (χ1) is 8.18. The summed E-state index contributed by atoms with van der Waals surface area (Å²) in [5.74, 6) is 0.351. The molecular weight excluding hydrogens is 257 g/mol. The fraction of sp³-hybridized carbons (Fsp3) is 0.538. The molecule has 2 N–H and O–H groups in total. The smallest absolute Gasteiger partial charge is 0.0610 e. The van der Waals surface area contributed by atoms with Gasteiger partial charge in [0, 0.05) is 16.5 Å². The number of halogens is 2. The van der Waals surface area contributed by atoms with Gasteiger partial charge in [0.15, 0.2) is 0 Å². The van der Waals surface area contributed by atoms with Gasteiger partial charge in [0.1, 0.15) is 0 Å². The molecule has 1 atom stereocenters. The Morgan fingerprint density at radius 2 is 1.82 bits per heavy atom. The highest BCUT2D eigenvalue weighted by molar-refractivity contribution is 6.35. The fourth-order valence-corrected chi connectivity index (χ4v) is 2.88. The van der Waals surface area contributed by atoms with Crippen molar-refractivity contribution in [3.8, 4) is 0 Å². The maximum absolute atomic E-state index is 10.2. The van der Waals surface area contributed by atoms with Crippen LogP contribution in [0.2, 0.25) is 10.0 Å². The number of hydrogen-bond donors (Lipinski definition) is 2. The number of aliphatic hydroxyl groups excluding tert-OH is 1. The summed E-state index contributed by atoms with van der Waals surface area (Å²) in [6.07, 6.45) is 2.23. The van der Waals surface area contributed by atoms with Crippen LogP contribution in [-0.2, 0) is 6.42 Å². The van der Waals surface area contributed by atoms with E-state index in [2.05, 4.69) is 5.32 Å². The Morgan fingerprint density at radius 3 is 2.41 bits per heavy atom. The molecule has 1 aliphatic heterocycles. The molecule has 0 amide bonds. The van der Waals surface area contributed by atoms with E-state index in [-0.39, 0.29) is 6.10 Å². The minimum absolute atomic E-state index is 0.351. The molecule has 1 aliphatic rings. The van der Waals surface area contributed by atoms with Gasteiger partial charge in [-0.05, 0) is 49.5 Å². The topological polar surface area (TPSA) is 32.3 Å². The third-order valence-electron chi connectivity index (χ3n) is 3.40. The summed E-state index contributed by atoms with van der Waals surface area (Å²) in [6.45, 7) is 1.97. The summed E-state index contributed by atoms with van der Waals surface area (Å²) in [7, 11) is 0. The molecular formula is C13H17Cl2NO. The SMILES string of the molecule is OC(Cc1c(Cl)cccc1Cl)C1CCNCC1. The highest BCUT2D eigenvalue weighted by Gasteiger charge is 2.23. The van der Waals surface area contributed by atoms with E-state index in [1.165, 1.54) is 0 Å². The van der Waals surface area contributed by atoms with Crippen molar-refractivity contribution < 1.29 is 5.11 Å². The second-order valence-electron chi connectivity index (χ2n) is 4.56. The predicted molar refractivity (Wildman–Crippen MR) is 71.8 cm³/mol. The first-order valence-corrected chi connectivity index (χ1v) is 6.75. The minimum Gasteiger partial charge on any atom is -0.392 e. The Morgan fingerprint density at radius 1 is 1.24 bits per heavy atom. The zero-order valence-corrected chi connectivity index (χ0v) is 11.1. The zero-order chi connectivity index (χ0) is 12.3. The Kier molecular flexibility index (Phi) is 4.69. The number of rotatable bonds is 3. The third-order valence-corrected chi connectivity index (χ3v) is 4.11. The predicted octanol–water partition coefficient (Wildman–Crippen LogP) is 2.90. The number of nitrogens with one attached hydrogen (secondary N) is 1. The van der Waals surface area contributed by atoms with Gasteiger partial charge in [0.05, 0.1) is 6.10 Å². The van der Waals surface area contributed by atoms with Gasteiger partial charge in [-0.2, -0.15) is 0 Å². The van der Waals surface area contributed by atoms with Crippen molar-refractivity contribution >= 4 is 23.2 Å². The second-order valence-corrected chi connectivity index (χ2v) is 5.37. The molecule has 0 bridgehead atoms. The molecule has 1 aromatic rings.